The fourth-order valence-electron chi connectivity index (χ4n) is 3.17. The van der Waals surface area contributed by atoms with Gasteiger partial charge in [0, 0.05) is 13.5 Å². The van der Waals surface area contributed by atoms with E-state index in [0.29, 0.717) is 6.54 Å². The molecule has 2 aromatic heterocycles. The highest BCUT2D eigenvalue weighted by atomic mass is 32.1. The van der Waals surface area contributed by atoms with Crippen LogP contribution in [-0.2, 0) is 11.3 Å². The Kier molecular flexibility index (Phi) is 5.13. The lowest BCUT2D eigenvalue weighted by atomic mass is 10.1. The minimum absolute atomic E-state index is 0.0217. The Morgan fingerprint density at radius 1 is 1.32 bits per heavy atom. The summed E-state index contributed by atoms with van der Waals surface area (Å²) in [5.41, 5.74) is 2.48. The van der Waals surface area contributed by atoms with Crippen molar-refractivity contribution in [2.45, 2.75) is 46.2 Å². The first-order chi connectivity index (χ1) is 12.0. The maximum atomic E-state index is 13.0. The summed E-state index contributed by atoms with van der Waals surface area (Å²) in [4.78, 5) is 35.7. The first-order valence-corrected chi connectivity index (χ1v) is 9.22. The maximum Gasteiger partial charge on any atom is 0.266 e. The van der Waals surface area contributed by atoms with Crippen LogP contribution in [0, 0.1) is 13.8 Å². The maximum absolute atomic E-state index is 13.0. The van der Waals surface area contributed by atoms with Crippen LogP contribution in [0.2, 0.25) is 0 Å². The highest BCUT2D eigenvalue weighted by Gasteiger charge is 2.33. The standard InChI is InChI=1S/C18H22N4O2S/c1-11-17(25-13(3)20-11)18(24)22-9-5-8-16(22)15-7-4-6-14(21-15)10-19-12(2)23/h4,6-7,16H,5,8-10H2,1-3H3,(H,19,23)/t16-/m1/s1. The predicted molar refractivity (Wildman–Crippen MR) is 96.4 cm³/mol. The number of aryl methyl sites for hydroxylation is 2. The molecule has 0 spiro atoms. The Labute approximate surface area is 151 Å². The molecular formula is C18H22N4O2S. The second kappa shape index (κ2) is 7.31. The van der Waals surface area contributed by atoms with E-state index in [1.54, 1.807) is 0 Å². The number of thiazole rings is 1. The smallest absolute Gasteiger partial charge is 0.266 e. The minimum Gasteiger partial charge on any atom is -0.351 e. The van der Waals surface area contributed by atoms with Crippen LogP contribution in [0.15, 0.2) is 18.2 Å². The number of hydrogen-bond donors (Lipinski definition) is 1. The molecule has 6 nitrogen and oxygen atoms in total. The summed E-state index contributed by atoms with van der Waals surface area (Å²) in [5, 5.41) is 3.67. The van der Waals surface area contributed by atoms with Gasteiger partial charge in [-0.3, -0.25) is 14.6 Å². The van der Waals surface area contributed by atoms with Crippen LogP contribution in [0.25, 0.3) is 0 Å². The Balaban J connectivity index is 1.82. The predicted octanol–water partition coefficient (Wildman–Crippen LogP) is 2.77. The molecule has 0 saturated carbocycles. The monoisotopic (exact) mass is 358 g/mol. The van der Waals surface area contributed by atoms with Crippen LogP contribution < -0.4 is 5.32 Å². The molecular weight excluding hydrogens is 336 g/mol. The van der Waals surface area contributed by atoms with Gasteiger partial charge in [0.05, 0.1) is 34.7 Å². The van der Waals surface area contributed by atoms with Gasteiger partial charge >= 0.3 is 0 Å². The lowest BCUT2D eigenvalue weighted by molar-refractivity contribution is -0.119. The van der Waals surface area contributed by atoms with Crippen LogP contribution in [-0.4, -0.2) is 33.2 Å². The molecule has 7 heteroatoms. The molecule has 1 saturated heterocycles. The van der Waals surface area contributed by atoms with Crippen LogP contribution >= 0.6 is 11.3 Å². The zero-order valence-corrected chi connectivity index (χ0v) is 15.5. The van der Waals surface area contributed by atoms with Gasteiger partial charge in [-0.2, -0.15) is 0 Å². The van der Waals surface area contributed by atoms with Crippen molar-refractivity contribution >= 4 is 23.2 Å². The van der Waals surface area contributed by atoms with Crippen LogP contribution in [0.3, 0.4) is 0 Å². The van der Waals surface area contributed by atoms with E-state index in [-0.39, 0.29) is 17.9 Å². The summed E-state index contributed by atoms with van der Waals surface area (Å²) >= 11 is 1.45. The van der Waals surface area contributed by atoms with E-state index in [1.165, 1.54) is 18.3 Å². The van der Waals surface area contributed by atoms with Crippen molar-refractivity contribution in [3.8, 4) is 0 Å². The SMILES string of the molecule is CC(=O)NCc1cccc([C@H]2CCCN2C(=O)c2sc(C)nc2C)n1. The molecule has 0 unspecified atom stereocenters. The molecule has 132 valence electrons. The molecule has 0 aromatic carbocycles. The van der Waals surface area contributed by atoms with E-state index < -0.39 is 0 Å². The van der Waals surface area contributed by atoms with Gasteiger partial charge in [-0.1, -0.05) is 6.07 Å². The molecule has 1 fully saturated rings. The van der Waals surface area contributed by atoms with E-state index >= 15 is 0 Å². The Morgan fingerprint density at radius 3 is 2.80 bits per heavy atom. The number of rotatable bonds is 4. The number of nitrogens with one attached hydrogen (secondary N) is 1. The van der Waals surface area contributed by atoms with Gasteiger partial charge in [0.15, 0.2) is 0 Å². The summed E-state index contributed by atoms with van der Waals surface area (Å²) in [6, 6.07) is 5.75. The van der Waals surface area contributed by atoms with Gasteiger partial charge in [-0.15, -0.1) is 11.3 Å². The number of carbonyl (C=O) groups is 2. The molecule has 2 aromatic rings. The summed E-state index contributed by atoms with van der Waals surface area (Å²) < 4.78 is 0. The highest BCUT2D eigenvalue weighted by molar-refractivity contribution is 7.13. The van der Waals surface area contributed by atoms with Crippen molar-refractivity contribution < 1.29 is 9.59 Å². The number of likely N-dealkylation sites (tertiary alicyclic amines) is 1. The largest absolute Gasteiger partial charge is 0.351 e. The normalized spacial score (nSPS) is 16.9. The number of nitrogens with zero attached hydrogens (tertiary/aromatic N) is 3. The molecule has 3 rings (SSSR count). The number of hydrogen-bond acceptors (Lipinski definition) is 5. The first kappa shape index (κ1) is 17.5. The molecule has 2 amide bonds. The van der Waals surface area contributed by atoms with Gasteiger partial charge in [-0.05, 0) is 38.8 Å². The number of amides is 2. The third-order valence-electron chi connectivity index (χ3n) is 4.30. The lowest BCUT2D eigenvalue weighted by Crippen LogP contribution is -2.31. The average molecular weight is 358 g/mol. The topological polar surface area (TPSA) is 75.2 Å². The van der Waals surface area contributed by atoms with E-state index in [4.69, 9.17) is 0 Å². The Bertz CT molecular complexity index is 802. The van der Waals surface area contributed by atoms with Crippen molar-refractivity contribution in [3.63, 3.8) is 0 Å². The van der Waals surface area contributed by atoms with Gasteiger partial charge < -0.3 is 10.2 Å². The molecule has 3 heterocycles. The second-order valence-electron chi connectivity index (χ2n) is 6.27. The fourth-order valence-corrected chi connectivity index (χ4v) is 4.05. The summed E-state index contributed by atoms with van der Waals surface area (Å²) in [6.07, 6.45) is 1.87. The zero-order valence-electron chi connectivity index (χ0n) is 14.7. The molecule has 1 aliphatic rings. The number of carbonyl (C=O) groups excluding carboxylic acids is 2. The number of pyridine rings is 1. The lowest BCUT2D eigenvalue weighted by Gasteiger charge is -2.24. The summed E-state index contributed by atoms with van der Waals surface area (Å²) in [6.45, 7) is 6.42. The molecule has 0 bridgehead atoms. The summed E-state index contributed by atoms with van der Waals surface area (Å²) in [5.74, 6) is -0.0411. The van der Waals surface area contributed by atoms with Crippen molar-refractivity contribution in [2.75, 3.05) is 6.54 Å². The highest BCUT2D eigenvalue weighted by Crippen LogP contribution is 2.33. The third-order valence-corrected chi connectivity index (χ3v) is 5.36. The van der Waals surface area contributed by atoms with Gasteiger partial charge in [0.2, 0.25) is 5.91 Å². The van der Waals surface area contributed by atoms with E-state index in [2.05, 4.69) is 15.3 Å². The molecule has 0 radical (unpaired) electrons. The second-order valence-corrected chi connectivity index (χ2v) is 7.47. The number of aromatic nitrogens is 2. The summed E-state index contributed by atoms with van der Waals surface area (Å²) in [7, 11) is 0. The van der Waals surface area contributed by atoms with Gasteiger partial charge in [0.1, 0.15) is 4.88 Å². The van der Waals surface area contributed by atoms with Crippen LogP contribution in [0.5, 0.6) is 0 Å². The van der Waals surface area contributed by atoms with Crippen LogP contribution in [0.1, 0.15) is 57.6 Å². The average Bonchev–Trinajstić information content (AvgIpc) is 3.19. The fraction of sp³-hybridized carbons (Fsp3) is 0.444. The van der Waals surface area contributed by atoms with Crippen molar-refractivity contribution in [3.05, 3.63) is 45.2 Å². The zero-order chi connectivity index (χ0) is 18.0. The van der Waals surface area contributed by atoms with Gasteiger partial charge in [-0.25, -0.2) is 4.98 Å². The molecule has 1 atom stereocenters. The third kappa shape index (κ3) is 3.87. The Morgan fingerprint density at radius 2 is 2.12 bits per heavy atom. The Hall–Kier alpha value is -2.28. The molecule has 1 N–H and O–H groups in total. The van der Waals surface area contributed by atoms with E-state index in [9.17, 15) is 9.59 Å². The van der Waals surface area contributed by atoms with Crippen molar-refractivity contribution in [2.24, 2.45) is 0 Å². The van der Waals surface area contributed by atoms with E-state index in [1.807, 2.05) is 36.9 Å². The van der Waals surface area contributed by atoms with Crippen molar-refractivity contribution in [1.29, 1.82) is 0 Å². The molecule has 25 heavy (non-hydrogen) atoms. The molecule has 0 aliphatic carbocycles. The minimum atomic E-state index is -0.0825. The quantitative estimate of drug-likeness (QED) is 0.912. The first-order valence-electron chi connectivity index (χ1n) is 8.41. The van der Waals surface area contributed by atoms with Crippen LogP contribution in [0.4, 0.5) is 0 Å². The van der Waals surface area contributed by atoms with E-state index in [0.717, 1.165) is 46.4 Å². The van der Waals surface area contributed by atoms with Gasteiger partial charge in [0.25, 0.3) is 5.91 Å². The molecule has 1 aliphatic heterocycles. The van der Waals surface area contributed by atoms with Crippen molar-refractivity contribution in [1.82, 2.24) is 20.2 Å².